The van der Waals surface area contributed by atoms with E-state index in [0.29, 0.717) is 0 Å². The van der Waals surface area contributed by atoms with E-state index in [0.717, 1.165) is 57.2 Å². The van der Waals surface area contributed by atoms with Crippen molar-refractivity contribution in [2.75, 3.05) is 13.2 Å². The number of aryl methyl sites for hydroxylation is 1. The number of aldehydes is 1. The summed E-state index contributed by atoms with van der Waals surface area (Å²) in [7, 11) is 0. The average molecular weight is 262 g/mol. The molecule has 1 fully saturated rings. The molecule has 3 heteroatoms. The van der Waals surface area contributed by atoms with E-state index < -0.39 is 0 Å². The van der Waals surface area contributed by atoms with Crippen LogP contribution in [-0.2, 0) is 15.9 Å². The zero-order valence-corrected chi connectivity index (χ0v) is 11.3. The van der Waals surface area contributed by atoms with Crippen molar-refractivity contribution in [1.82, 2.24) is 0 Å². The standard InChI is InChI=1S/C16H22O3/c17-13-15-9-7-14(8-10-15)5-1-3-11-18-16-6-2-4-12-19-16/h7-10,13,16H,1-6,11-12H2. The Bertz CT molecular complexity index is 366. The van der Waals surface area contributed by atoms with Gasteiger partial charge < -0.3 is 9.47 Å². The fourth-order valence-corrected chi connectivity index (χ4v) is 2.25. The van der Waals surface area contributed by atoms with Gasteiger partial charge in [-0.25, -0.2) is 0 Å². The molecule has 19 heavy (non-hydrogen) atoms. The molecule has 1 atom stereocenters. The molecule has 1 aromatic rings. The molecule has 104 valence electrons. The number of ether oxygens (including phenoxy) is 2. The molecule has 1 unspecified atom stereocenters. The number of hydrogen-bond donors (Lipinski definition) is 0. The second-order valence-corrected chi connectivity index (χ2v) is 4.98. The minimum absolute atomic E-state index is 0.0284. The van der Waals surface area contributed by atoms with E-state index in [1.165, 1.54) is 12.0 Å². The largest absolute Gasteiger partial charge is 0.353 e. The van der Waals surface area contributed by atoms with Gasteiger partial charge in [-0.2, -0.15) is 0 Å². The summed E-state index contributed by atoms with van der Waals surface area (Å²) in [5.74, 6) is 0. The Morgan fingerprint density at radius 1 is 1.21 bits per heavy atom. The first-order valence-corrected chi connectivity index (χ1v) is 7.16. The van der Waals surface area contributed by atoms with E-state index in [9.17, 15) is 4.79 Å². The van der Waals surface area contributed by atoms with E-state index in [2.05, 4.69) is 0 Å². The maximum absolute atomic E-state index is 10.5. The van der Waals surface area contributed by atoms with Crippen molar-refractivity contribution in [3.8, 4) is 0 Å². The highest BCUT2D eigenvalue weighted by atomic mass is 16.7. The first kappa shape index (κ1) is 14.2. The van der Waals surface area contributed by atoms with E-state index in [1.807, 2.05) is 24.3 Å². The fraction of sp³-hybridized carbons (Fsp3) is 0.562. The zero-order chi connectivity index (χ0) is 13.3. The molecule has 0 N–H and O–H groups in total. The van der Waals surface area contributed by atoms with Crippen LogP contribution in [-0.4, -0.2) is 25.8 Å². The molecule has 0 bridgehead atoms. The van der Waals surface area contributed by atoms with Crippen LogP contribution in [0.4, 0.5) is 0 Å². The van der Waals surface area contributed by atoms with Gasteiger partial charge in [0, 0.05) is 18.8 Å². The van der Waals surface area contributed by atoms with Crippen LogP contribution in [0.5, 0.6) is 0 Å². The first-order valence-electron chi connectivity index (χ1n) is 7.16. The lowest BCUT2D eigenvalue weighted by atomic mass is 10.1. The minimum atomic E-state index is 0.0284. The predicted octanol–water partition coefficient (Wildman–Crippen LogP) is 3.37. The summed E-state index contributed by atoms with van der Waals surface area (Å²) in [6.07, 6.45) is 7.51. The third kappa shape index (κ3) is 5.13. The summed E-state index contributed by atoms with van der Waals surface area (Å²) >= 11 is 0. The number of benzene rings is 1. The van der Waals surface area contributed by atoms with Crippen LogP contribution in [0.1, 0.15) is 48.0 Å². The monoisotopic (exact) mass is 262 g/mol. The van der Waals surface area contributed by atoms with Gasteiger partial charge in [0.1, 0.15) is 6.29 Å². The minimum Gasteiger partial charge on any atom is -0.353 e. The van der Waals surface area contributed by atoms with Crippen LogP contribution in [0.25, 0.3) is 0 Å². The highest BCUT2D eigenvalue weighted by Gasteiger charge is 2.13. The third-order valence-corrected chi connectivity index (χ3v) is 3.42. The SMILES string of the molecule is O=Cc1ccc(CCCCOC2CCCCO2)cc1. The topological polar surface area (TPSA) is 35.5 Å². The van der Waals surface area contributed by atoms with Gasteiger partial charge in [0.05, 0.1) is 0 Å². The number of hydrogen-bond acceptors (Lipinski definition) is 3. The summed E-state index contributed by atoms with van der Waals surface area (Å²) < 4.78 is 11.2. The van der Waals surface area contributed by atoms with Gasteiger partial charge in [0.25, 0.3) is 0 Å². The highest BCUT2D eigenvalue weighted by molar-refractivity contribution is 5.74. The molecule has 3 nitrogen and oxygen atoms in total. The molecule has 1 saturated heterocycles. The van der Waals surface area contributed by atoms with Gasteiger partial charge >= 0.3 is 0 Å². The third-order valence-electron chi connectivity index (χ3n) is 3.42. The molecular formula is C16H22O3. The summed E-state index contributed by atoms with van der Waals surface area (Å²) in [6, 6.07) is 7.78. The lowest BCUT2D eigenvalue weighted by molar-refractivity contribution is -0.162. The van der Waals surface area contributed by atoms with Gasteiger partial charge in [-0.1, -0.05) is 24.3 Å². The summed E-state index contributed by atoms with van der Waals surface area (Å²) in [6.45, 7) is 1.62. The summed E-state index contributed by atoms with van der Waals surface area (Å²) in [4.78, 5) is 10.5. The molecule has 0 aliphatic carbocycles. The molecular weight excluding hydrogens is 240 g/mol. The van der Waals surface area contributed by atoms with Crippen LogP contribution >= 0.6 is 0 Å². The molecule has 2 rings (SSSR count). The predicted molar refractivity (Wildman–Crippen MR) is 74.3 cm³/mol. The van der Waals surface area contributed by atoms with Crippen molar-refractivity contribution in [2.45, 2.75) is 44.8 Å². The number of carbonyl (C=O) groups excluding carboxylic acids is 1. The lowest BCUT2D eigenvalue weighted by Crippen LogP contribution is -2.22. The van der Waals surface area contributed by atoms with E-state index in [4.69, 9.17) is 9.47 Å². The van der Waals surface area contributed by atoms with Gasteiger partial charge in [-0.3, -0.25) is 4.79 Å². The van der Waals surface area contributed by atoms with Crippen molar-refractivity contribution in [3.63, 3.8) is 0 Å². The quantitative estimate of drug-likeness (QED) is 0.558. The molecule has 0 saturated carbocycles. The summed E-state index contributed by atoms with van der Waals surface area (Å²) in [5, 5.41) is 0. The van der Waals surface area contributed by atoms with Crippen LogP contribution in [0.15, 0.2) is 24.3 Å². The van der Waals surface area contributed by atoms with Crippen molar-refractivity contribution >= 4 is 6.29 Å². The molecule has 1 heterocycles. The first-order chi connectivity index (χ1) is 9.38. The Kier molecular flexibility index (Phi) is 6.05. The lowest BCUT2D eigenvalue weighted by Gasteiger charge is -2.22. The second-order valence-electron chi connectivity index (χ2n) is 4.98. The molecule has 0 aromatic heterocycles. The maximum Gasteiger partial charge on any atom is 0.157 e. The zero-order valence-electron chi connectivity index (χ0n) is 11.3. The number of unbranched alkanes of at least 4 members (excludes halogenated alkanes) is 1. The Balaban J connectivity index is 1.56. The smallest absolute Gasteiger partial charge is 0.157 e. The molecule has 1 aromatic carbocycles. The van der Waals surface area contributed by atoms with Crippen LogP contribution in [0.2, 0.25) is 0 Å². The molecule has 1 aliphatic rings. The number of carbonyl (C=O) groups is 1. The molecule has 0 spiro atoms. The van der Waals surface area contributed by atoms with Gasteiger partial charge in [-0.05, 0) is 44.1 Å². The molecule has 0 radical (unpaired) electrons. The Labute approximate surface area is 114 Å². The average Bonchev–Trinajstić information content (AvgIpc) is 2.49. The van der Waals surface area contributed by atoms with Gasteiger partial charge in [0.15, 0.2) is 6.29 Å². The van der Waals surface area contributed by atoms with Crippen LogP contribution < -0.4 is 0 Å². The Morgan fingerprint density at radius 3 is 2.74 bits per heavy atom. The second kappa shape index (κ2) is 8.08. The number of rotatable bonds is 7. The van der Waals surface area contributed by atoms with Crippen molar-refractivity contribution in [3.05, 3.63) is 35.4 Å². The van der Waals surface area contributed by atoms with Crippen LogP contribution in [0, 0.1) is 0 Å². The summed E-state index contributed by atoms with van der Waals surface area (Å²) in [5.41, 5.74) is 2.01. The van der Waals surface area contributed by atoms with E-state index in [1.54, 1.807) is 0 Å². The van der Waals surface area contributed by atoms with Crippen molar-refractivity contribution in [2.24, 2.45) is 0 Å². The van der Waals surface area contributed by atoms with E-state index >= 15 is 0 Å². The fourth-order valence-electron chi connectivity index (χ4n) is 2.25. The van der Waals surface area contributed by atoms with Crippen molar-refractivity contribution in [1.29, 1.82) is 0 Å². The molecule has 0 amide bonds. The van der Waals surface area contributed by atoms with E-state index in [-0.39, 0.29) is 6.29 Å². The molecule has 1 aliphatic heterocycles. The normalized spacial score (nSPS) is 19.3. The Morgan fingerprint density at radius 2 is 2.05 bits per heavy atom. The Hall–Kier alpha value is -1.19. The van der Waals surface area contributed by atoms with Gasteiger partial charge in [0.2, 0.25) is 0 Å². The highest BCUT2D eigenvalue weighted by Crippen LogP contribution is 2.14. The maximum atomic E-state index is 10.5. The van der Waals surface area contributed by atoms with Crippen LogP contribution in [0.3, 0.4) is 0 Å². The van der Waals surface area contributed by atoms with Crippen molar-refractivity contribution < 1.29 is 14.3 Å². The van der Waals surface area contributed by atoms with Gasteiger partial charge in [-0.15, -0.1) is 0 Å².